The average molecular weight is 212 g/mol. The summed E-state index contributed by atoms with van der Waals surface area (Å²) in [7, 11) is 0. The molecule has 58 valence electrons. The van der Waals surface area contributed by atoms with Crippen LogP contribution in [0.15, 0.2) is 11.9 Å². The predicted octanol–water partition coefficient (Wildman–Crippen LogP) is 1.50. The van der Waals surface area contributed by atoms with Gasteiger partial charge in [-0.1, -0.05) is 15.9 Å². The van der Waals surface area contributed by atoms with Crippen molar-refractivity contribution in [2.24, 2.45) is 0 Å². The number of rotatable bonds is 3. The van der Waals surface area contributed by atoms with E-state index in [4.69, 9.17) is 5.11 Å². The molecule has 0 atom stereocenters. The Morgan fingerprint density at radius 2 is 2.40 bits per heavy atom. The second kappa shape index (κ2) is 5.22. The molecule has 0 spiro atoms. The fourth-order valence-electron chi connectivity index (χ4n) is 0.304. The molecule has 5 heteroatoms. The van der Waals surface area contributed by atoms with Gasteiger partial charge >= 0.3 is 6.09 Å². The first-order valence-corrected chi connectivity index (χ1v) is 3.63. The molecule has 0 aliphatic carbocycles. The highest BCUT2D eigenvalue weighted by atomic mass is 79.9. The van der Waals surface area contributed by atoms with Crippen LogP contribution >= 0.6 is 15.9 Å². The van der Waals surface area contributed by atoms with Crippen LogP contribution < -0.4 is 5.32 Å². The van der Waals surface area contributed by atoms with Crippen LogP contribution in [0.2, 0.25) is 0 Å². The van der Waals surface area contributed by atoms with Crippen molar-refractivity contribution in [2.75, 3.05) is 11.9 Å². The maximum absolute atomic E-state index is 11.7. The summed E-state index contributed by atoms with van der Waals surface area (Å²) < 4.78 is 11.7. The van der Waals surface area contributed by atoms with Gasteiger partial charge in [0.15, 0.2) is 0 Å². The maximum Gasteiger partial charge on any atom is 0.404 e. The molecular weight excluding hydrogens is 205 g/mol. The van der Waals surface area contributed by atoms with Gasteiger partial charge in [0.25, 0.3) is 0 Å². The molecule has 0 aromatic heterocycles. The van der Waals surface area contributed by atoms with Gasteiger partial charge in [0.05, 0.1) is 6.33 Å². The van der Waals surface area contributed by atoms with E-state index in [-0.39, 0.29) is 6.54 Å². The number of carbonyl (C=O) groups is 1. The zero-order chi connectivity index (χ0) is 7.98. The lowest BCUT2D eigenvalue weighted by Gasteiger charge is -1.99. The Hall–Kier alpha value is -0.580. The molecule has 3 nitrogen and oxygen atoms in total. The maximum atomic E-state index is 11.7. The quantitative estimate of drug-likeness (QED) is 0.696. The third-order valence-corrected chi connectivity index (χ3v) is 1.51. The molecule has 0 fully saturated rings. The van der Waals surface area contributed by atoms with Gasteiger partial charge in [-0.25, -0.2) is 9.18 Å². The number of alkyl halides is 1. The Bertz CT molecular complexity index is 149. The molecule has 0 aliphatic rings. The molecule has 0 saturated carbocycles. The summed E-state index contributed by atoms with van der Waals surface area (Å²) in [6, 6.07) is 0. The topological polar surface area (TPSA) is 49.3 Å². The van der Waals surface area contributed by atoms with Gasteiger partial charge in [-0.2, -0.15) is 0 Å². The summed E-state index contributed by atoms with van der Waals surface area (Å²) >= 11 is 2.98. The highest BCUT2D eigenvalue weighted by Crippen LogP contribution is 1.97. The lowest BCUT2D eigenvalue weighted by atomic mass is 10.3. The van der Waals surface area contributed by atoms with E-state index in [2.05, 4.69) is 15.9 Å². The number of carboxylic acid groups (broad SMARTS) is 1. The van der Waals surface area contributed by atoms with E-state index in [9.17, 15) is 9.18 Å². The molecular formula is C5H7BrFNO2. The molecule has 0 aliphatic heterocycles. The SMILES string of the molecule is O=C(O)NC/C(=C/F)CBr. The summed E-state index contributed by atoms with van der Waals surface area (Å²) in [4.78, 5) is 9.86. The Morgan fingerprint density at radius 3 is 2.70 bits per heavy atom. The first kappa shape index (κ1) is 9.42. The minimum atomic E-state index is -1.15. The largest absolute Gasteiger partial charge is 0.465 e. The third kappa shape index (κ3) is 4.31. The van der Waals surface area contributed by atoms with E-state index in [1.807, 2.05) is 5.32 Å². The van der Waals surface area contributed by atoms with Crippen LogP contribution in [-0.2, 0) is 0 Å². The monoisotopic (exact) mass is 211 g/mol. The van der Waals surface area contributed by atoms with Gasteiger partial charge in [-0.15, -0.1) is 0 Å². The summed E-state index contributed by atoms with van der Waals surface area (Å²) in [5, 5.41) is 10.4. The lowest BCUT2D eigenvalue weighted by Crippen LogP contribution is -2.23. The van der Waals surface area contributed by atoms with Gasteiger partial charge in [0.2, 0.25) is 0 Å². The second-order valence-corrected chi connectivity index (χ2v) is 2.12. The molecule has 0 radical (unpaired) electrons. The number of amides is 1. The van der Waals surface area contributed by atoms with E-state index in [1.54, 1.807) is 0 Å². The first-order chi connectivity index (χ1) is 4.70. The van der Waals surface area contributed by atoms with Crippen molar-refractivity contribution >= 4 is 22.0 Å². The molecule has 0 saturated heterocycles. The molecule has 0 bridgehead atoms. The van der Waals surface area contributed by atoms with Crippen molar-refractivity contribution < 1.29 is 14.3 Å². The standard InChI is InChI=1S/C5H7BrFNO2/c6-1-4(2-7)3-8-5(9)10/h2,8H,1,3H2,(H,9,10)/b4-2+. The Balaban J connectivity index is 3.56. The summed E-state index contributed by atoms with van der Waals surface area (Å²) in [5.41, 5.74) is 0.363. The van der Waals surface area contributed by atoms with Crippen molar-refractivity contribution in [1.29, 1.82) is 0 Å². The molecule has 1 amide bonds. The predicted molar refractivity (Wildman–Crippen MR) is 39.0 cm³/mol. The number of hydrogen-bond acceptors (Lipinski definition) is 1. The van der Waals surface area contributed by atoms with Crippen molar-refractivity contribution in [3.63, 3.8) is 0 Å². The minimum Gasteiger partial charge on any atom is -0.465 e. The Labute approximate surface area is 66.0 Å². The normalized spacial score (nSPS) is 11.2. The highest BCUT2D eigenvalue weighted by molar-refractivity contribution is 9.09. The van der Waals surface area contributed by atoms with Crippen LogP contribution in [-0.4, -0.2) is 23.1 Å². The van der Waals surface area contributed by atoms with Crippen molar-refractivity contribution in [2.45, 2.75) is 0 Å². The summed E-state index contributed by atoms with van der Waals surface area (Å²) in [5.74, 6) is 0. The summed E-state index contributed by atoms with van der Waals surface area (Å²) in [6.45, 7) is 0.0249. The van der Waals surface area contributed by atoms with E-state index < -0.39 is 6.09 Å². The van der Waals surface area contributed by atoms with Crippen molar-refractivity contribution in [1.82, 2.24) is 5.32 Å². The number of halogens is 2. The van der Waals surface area contributed by atoms with E-state index >= 15 is 0 Å². The van der Waals surface area contributed by atoms with Crippen LogP contribution in [0.25, 0.3) is 0 Å². The zero-order valence-corrected chi connectivity index (χ0v) is 6.69. The van der Waals surface area contributed by atoms with Crippen molar-refractivity contribution in [3.05, 3.63) is 11.9 Å². The van der Waals surface area contributed by atoms with Crippen LogP contribution in [0.4, 0.5) is 9.18 Å². The van der Waals surface area contributed by atoms with Crippen LogP contribution in [0, 0.1) is 0 Å². The molecule has 0 aromatic carbocycles. The fraction of sp³-hybridized carbons (Fsp3) is 0.400. The Morgan fingerprint density at radius 1 is 1.80 bits per heavy atom. The van der Waals surface area contributed by atoms with Gasteiger partial charge < -0.3 is 10.4 Å². The first-order valence-electron chi connectivity index (χ1n) is 2.51. The van der Waals surface area contributed by atoms with Crippen molar-refractivity contribution in [3.8, 4) is 0 Å². The lowest BCUT2D eigenvalue weighted by molar-refractivity contribution is 0.195. The number of hydrogen-bond donors (Lipinski definition) is 2. The fourth-order valence-corrected chi connectivity index (χ4v) is 0.625. The van der Waals surface area contributed by atoms with Crippen LogP contribution in [0.5, 0.6) is 0 Å². The number of nitrogens with one attached hydrogen (secondary N) is 1. The third-order valence-electron chi connectivity index (χ3n) is 0.793. The zero-order valence-electron chi connectivity index (χ0n) is 5.10. The Kier molecular flexibility index (Phi) is 4.92. The smallest absolute Gasteiger partial charge is 0.404 e. The highest BCUT2D eigenvalue weighted by Gasteiger charge is 1.97. The summed E-state index contributed by atoms with van der Waals surface area (Å²) in [6.07, 6.45) is -0.773. The van der Waals surface area contributed by atoms with Gasteiger partial charge in [-0.05, 0) is 5.57 Å². The molecule has 0 heterocycles. The van der Waals surface area contributed by atoms with Crippen LogP contribution in [0.1, 0.15) is 0 Å². The average Bonchev–Trinajstić information content (AvgIpc) is 1.90. The molecule has 10 heavy (non-hydrogen) atoms. The minimum absolute atomic E-state index is 0.0249. The molecule has 0 unspecified atom stereocenters. The van der Waals surface area contributed by atoms with E-state index in [1.165, 1.54) is 0 Å². The molecule has 2 N–H and O–H groups in total. The van der Waals surface area contributed by atoms with Gasteiger partial charge in [0, 0.05) is 11.9 Å². The van der Waals surface area contributed by atoms with Gasteiger partial charge in [0.1, 0.15) is 0 Å². The van der Waals surface area contributed by atoms with E-state index in [0.29, 0.717) is 17.2 Å². The molecule has 0 aromatic rings. The van der Waals surface area contributed by atoms with Crippen LogP contribution in [0.3, 0.4) is 0 Å². The van der Waals surface area contributed by atoms with Gasteiger partial charge in [-0.3, -0.25) is 0 Å². The van der Waals surface area contributed by atoms with E-state index in [0.717, 1.165) is 0 Å². The molecule has 0 rings (SSSR count). The second-order valence-electron chi connectivity index (χ2n) is 1.56.